The van der Waals surface area contributed by atoms with Gasteiger partial charge in [-0.3, -0.25) is 4.79 Å². The smallest absolute Gasteiger partial charge is 0.254 e. The van der Waals surface area contributed by atoms with E-state index in [-0.39, 0.29) is 12.7 Å². The summed E-state index contributed by atoms with van der Waals surface area (Å²) >= 11 is 0. The third-order valence-corrected chi connectivity index (χ3v) is 4.85. The Bertz CT molecular complexity index is 771. The molecule has 2 aromatic rings. The first-order chi connectivity index (χ1) is 12.2. The number of nitrogens with zero attached hydrogens (tertiary/aromatic N) is 2. The van der Waals surface area contributed by atoms with Gasteiger partial charge in [-0.05, 0) is 42.7 Å². The summed E-state index contributed by atoms with van der Waals surface area (Å²) in [7, 11) is 1.72. The molecule has 1 amide bonds. The van der Waals surface area contributed by atoms with Crippen LogP contribution in [-0.4, -0.2) is 42.4 Å². The largest absolute Gasteiger partial charge is 0.454 e. The number of carbonyl (C=O) groups excluding carboxylic acids is 1. The van der Waals surface area contributed by atoms with Crippen molar-refractivity contribution in [2.75, 3.05) is 27.1 Å². The molecule has 4 rings (SSSR count). The molecule has 0 fully saturated rings. The van der Waals surface area contributed by atoms with Gasteiger partial charge in [-0.15, -0.1) is 0 Å². The summed E-state index contributed by atoms with van der Waals surface area (Å²) in [4.78, 5) is 15.0. The summed E-state index contributed by atoms with van der Waals surface area (Å²) in [6.07, 6.45) is 3.02. The van der Waals surface area contributed by atoms with Gasteiger partial charge in [0.15, 0.2) is 11.5 Å². The molecule has 2 aliphatic rings. The molecule has 6 heteroatoms. The zero-order valence-corrected chi connectivity index (χ0v) is 14.3. The minimum Gasteiger partial charge on any atom is -0.454 e. The van der Waals surface area contributed by atoms with Crippen molar-refractivity contribution in [3.63, 3.8) is 0 Å². The first kappa shape index (κ1) is 16.0. The van der Waals surface area contributed by atoms with Crippen LogP contribution >= 0.6 is 0 Å². The number of ether oxygens (including phenoxy) is 3. The van der Waals surface area contributed by atoms with Crippen molar-refractivity contribution in [2.24, 2.45) is 5.92 Å². The molecular formula is C19H22N2O4. The van der Waals surface area contributed by atoms with Crippen LogP contribution in [0.5, 0.6) is 11.5 Å². The van der Waals surface area contributed by atoms with Crippen LogP contribution in [0.3, 0.4) is 0 Å². The first-order valence-electron chi connectivity index (χ1n) is 8.56. The second kappa shape index (κ2) is 6.80. The second-order valence-electron chi connectivity index (χ2n) is 6.55. The summed E-state index contributed by atoms with van der Waals surface area (Å²) in [5.41, 5.74) is 1.80. The summed E-state index contributed by atoms with van der Waals surface area (Å²) in [5.74, 6) is 1.72. The summed E-state index contributed by atoms with van der Waals surface area (Å²) in [6.45, 7) is 3.16. The van der Waals surface area contributed by atoms with E-state index >= 15 is 0 Å². The van der Waals surface area contributed by atoms with Gasteiger partial charge in [0.2, 0.25) is 6.79 Å². The average Bonchev–Trinajstić information content (AvgIpc) is 3.23. The van der Waals surface area contributed by atoms with Gasteiger partial charge in [0.25, 0.3) is 5.91 Å². The highest BCUT2D eigenvalue weighted by molar-refractivity contribution is 5.95. The van der Waals surface area contributed by atoms with Gasteiger partial charge in [0.1, 0.15) is 0 Å². The Morgan fingerprint density at radius 1 is 1.24 bits per heavy atom. The third-order valence-electron chi connectivity index (χ3n) is 4.85. The number of rotatable bonds is 4. The van der Waals surface area contributed by atoms with Crippen molar-refractivity contribution in [1.29, 1.82) is 0 Å². The lowest BCUT2D eigenvalue weighted by atomic mass is 10.0. The molecular weight excluding hydrogens is 320 g/mol. The van der Waals surface area contributed by atoms with Gasteiger partial charge in [-0.25, -0.2) is 0 Å². The van der Waals surface area contributed by atoms with Gasteiger partial charge < -0.3 is 23.7 Å². The lowest BCUT2D eigenvalue weighted by Crippen LogP contribution is -2.34. The maximum Gasteiger partial charge on any atom is 0.254 e. The van der Waals surface area contributed by atoms with E-state index in [1.165, 1.54) is 0 Å². The number of amides is 1. The van der Waals surface area contributed by atoms with E-state index < -0.39 is 0 Å². The Kier molecular flexibility index (Phi) is 4.36. The monoisotopic (exact) mass is 342 g/mol. The van der Waals surface area contributed by atoms with Gasteiger partial charge in [-0.1, -0.05) is 0 Å². The van der Waals surface area contributed by atoms with Gasteiger partial charge in [0.05, 0.1) is 6.54 Å². The summed E-state index contributed by atoms with van der Waals surface area (Å²) in [5, 5.41) is 0. The molecule has 132 valence electrons. The standard InChI is InChI=1S/C19H22N2O4/c1-23-8-6-14-10-20-7-2-3-16(20)12-21(11-14)19(22)15-4-5-17-18(9-15)25-13-24-17/h2-5,7,9,14H,6,8,10-13H2,1H3/t14-/m0/s1. The zero-order chi connectivity index (χ0) is 17.2. The van der Waals surface area contributed by atoms with Crippen LogP contribution < -0.4 is 9.47 Å². The van der Waals surface area contributed by atoms with Gasteiger partial charge >= 0.3 is 0 Å². The predicted octanol–water partition coefficient (Wildman–Crippen LogP) is 2.53. The average molecular weight is 342 g/mol. The molecule has 0 unspecified atom stereocenters. The number of methoxy groups -OCH3 is 1. The number of fused-ring (bicyclic) bond motifs is 2. The van der Waals surface area contributed by atoms with E-state index in [1.807, 2.05) is 17.0 Å². The molecule has 0 N–H and O–H groups in total. The Balaban J connectivity index is 1.58. The number of aromatic nitrogens is 1. The summed E-state index contributed by atoms with van der Waals surface area (Å²) in [6, 6.07) is 9.51. The lowest BCUT2D eigenvalue weighted by molar-refractivity contribution is 0.0705. The fraction of sp³-hybridized carbons (Fsp3) is 0.421. The second-order valence-corrected chi connectivity index (χ2v) is 6.55. The van der Waals surface area contributed by atoms with Crippen molar-refractivity contribution in [2.45, 2.75) is 19.5 Å². The van der Waals surface area contributed by atoms with E-state index in [9.17, 15) is 4.79 Å². The number of hydrogen-bond acceptors (Lipinski definition) is 4. The zero-order valence-electron chi connectivity index (χ0n) is 14.3. The molecule has 1 aromatic heterocycles. The molecule has 2 aliphatic heterocycles. The molecule has 1 aromatic carbocycles. The van der Waals surface area contributed by atoms with Crippen molar-refractivity contribution in [1.82, 2.24) is 9.47 Å². The van der Waals surface area contributed by atoms with Crippen LogP contribution in [0.15, 0.2) is 36.5 Å². The lowest BCUT2D eigenvalue weighted by Gasteiger charge is -2.24. The molecule has 6 nitrogen and oxygen atoms in total. The van der Waals surface area contributed by atoms with E-state index in [0.29, 0.717) is 36.1 Å². The minimum absolute atomic E-state index is 0.0235. The SMILES string of the molecule is COCC[C@@H]1CN(C(=O)c2ccc3c(c2)OCO3)Cc2cccn2C1. The molecule has 0 aliphatic carbocycles. The maximum absolute atomic E-state index is 13.1. The topological polar surface area (TPSA) is 52.9 Å². The predicted molar refractivity (Wildman–Crippen MR) is 91.7 cm³/mol. The number of benzene rings is 1. The van der Waals surface area contributed by atoms with E-state index in [1.54, 1.807) is 19.2 Å². The molecule has 0 saturated heterocycles. The highest BCUT2D eigenvalue weighted by Gasteiger charge is 2.26. The Hall–Kier alpha value is -2.47. The van der Waals surface area contributed by atoms with Gasteiger partial charge in [0, 0.05) is 44.3 Å². The van der Waals surface area contributed by atoms with Crippen LogP contribution in [-0.2, 0) is 17.8 Å². The molecule has 25 heavy (non-hydrogen) atoms. The van der Waals surface area contributed by atoms with Crippen LogP contribution in [0, 0.1) is 5.92 Å². The highest BCUT2D eigenvalue weighted by Crippen LogP contribution is 2.33. The molecule has 0 bridgehead atoms. The molecule has 1 atom stereocenters. The quantitative estimate of drug-likeness (QED) is 0.857. The molecule has 3 heterocycles. The van der Waals surface area contributed by atoms with Crippen LogP contribution in [0.1, 0.15) is 22.5 Å². The maximum atomic E-state index is 13.1. The van der Waals surface area contributed by atoms with Crippen molar-refractivity contribution >= 4 is 5.91 Å². The van der Waals surface area contributed by atoms with Gasteiger partial charge in [-0.2, -0.15) is 0 Å². The number of hydrogen-bond donors (Lipinski definition) is 0. The minimum atomic E-state index is 0.0235. The Morgan fingerprint density at radius 2 is 2.12 bits per heavy atom. The normalized spacial score (nSPS) is 18.8. The van der Waals surface area contributed by atoms with Crippen LogP contribution in [0.25, 0.3) is 0 Å². The Morgan fingerprint density at radius 3 is 3.00 bits per heavy atom. The van der Waals surface area contributed by atoms with Crippen LogP contribution in [0.2, 0.25) is 0 Å². The van der Waals surface area contributed by atoms with E-state index in [2.05, 4.69) is 16.8 Å². The fourth-order valence-electron chi connectivity index (χ4n) is 3.51. The van der Waals surface area contributed by atoms with E-state index in [0.717, 1.165) is 25.2 Å². The van der Waals surface area contributed by atoms with E-state index in [4.69, 9.17) is 14.2 Å². The molecule has 0 radical (unpaired) electrons. The fourth-order valence-corrected chi connectivity index (χ4v) is 3.51. The van der Waals surface area contributed by atoms with Crippen LogP contribution in [0.4, 0.5) is 0 Å². The van der Waals surface area contributed by atoms with Crippen molar-refractivity contribution in [3.8, 4) is 11.5 Å². The van der Waals surface area contributed by atoms with Crippen molar-refractivity contribution < 1.29 is 19.0 Å². The number of carbonyl (C=O) groups is 1. The third kappa shape index (κ3) is 3.22. The molecule has 0 spiro atoms. The summed E-state index contributed by atoms with van der Waals surface area (Å²) < 4.78 is 18.2. The Labute approximate surface area is 146 Å². The molecule has 0 saturated carbocycles. The van der Waals surface area contributed by atoms with Crippen molar-refractivity contribution in [3.05, 3.63) is 47.8 Å². The highest BCUT2D eigenvalue weighted by atomic mass is 16.7. The first-order valence-corrected chi connectivity index (χ1v) is 8.56.